The van der Waals surface area contributed by atoms with Crippen LogP contribution in [0.15, 0.2) is 16.6 Å². The van der Waals surface area contributed by atoms with Crippen LogP contribution in [-0.2, 0) is 0 Å². The lowest BCUT2D eigenvalue weighted by Crippen LogP contribution is -2.20. The Morgan fingerprint density at radius 1 is 1.47 bits per heavy atom. The molecule has 0 spiro atoms. The number of rotatable bonds is 2. The van der Waals surface area contributed by atoms with Gasteiger partial charge in [-0.15, -0.1) is 13.2 Å². The highest BCUT2D eigenvalue weighted by molar-refractivity contribution is 9.10. The highest BCUT2D eigenvalue weighted by atomic mass is 79.9. The van der Waals surface area contributed by atoms with E-state index < -0.39 is 18.1 Å². The summed E-state index contributed by atoms with van der Waals surface area (Å²) in [6, 6.07) is 2.15. The number of carbonyl (C=O) groups is 1. The SMILES string of the molecule is NC(=O)c1nc(OC(F)(F)F)ccc1Br. The van der Waals surface area contributed by atoms with Crippen LogP contribution in [0.4, 0.5) is 13.2 Å². The van der Waals surface area contributed by atoms with E-state index in [0.29, 0.717) is 0 Å². The van der Waals surface area contributed by atoms with Crippen molar-refractivity contribution in [2.24, 2.45) is 5.73 Å². The van der Waals surface area contributed by atoms with Crippen LogP contribution in [0.2, 0.25) is 0 Å². The minimum Gasteiger partial charge on any atom is -0.388 e. The zero-order valence-corrected chi connectivity index (χ0v) is 8.59. The number of nitrogens with two attached hydrogens (primary N) is 1. The second-order valence-electron chi connectivity index (χ2n) is 2.39. The van der Waals surface area contributed by atoms with Gasteiger partial charge in [-0.05, 0) is 22.0 Å². The molecular weight excluding hydrogens is 281 g/mol. The third-order valence-electron chi connectivity index (χ3n) is 1.27. The van der Waals surface area contributed by atoms with Gasteiger partial charge < -0.3 is 10.5 Å². The second kappa shape index (κ2) is 4.05. The zero-order valence-electron chi connectivity index (χ0n) is 7.01. The molecule has 2 N–H and O–H groups in total. The number of hydrogen-bond acceptors (Lipinski definition) is 3. The summed E-state index contributed by atoms with van der Waals surface area (Å²) in [5.74, 6) is -1.69. The first kappa shape index (κ1) is 11.8. The molecule has 0 saturated heterocycles. The molecule has 1 aromatic heterocycles. The number of amides is 1. The third kappa shape index (κ3) is 3.39. The molecule has 0 aliphatic heterocycles. The number of hydrogen-bond donors (Lipinski definition) is 1. The van der Waals surface area contributed by atoms with Gasteiger partial charge in [-0.2, -0.15) is 0 Å². The molecule has 0 saturated carbocycles. The lowest BCUT2D eigenvalue weighted by molar-refractivity contribution is -0.276. The Kier molecular flexibility index (Phi) is 3.18. The number of ether oxygens (including phenoxy) is 1. The molecule has 8 heteroatoms. The topological polar surface area (TPSA) is 65.2 Å². The van der Waals surface area contributed by atoms with E-state index in [0.717, 1.165) is 6.07 Å². The minimum atomic E-state index is -4.85. The van der Waals surface area contributed by atoms with Gasteiger partial charge in [0.1, 0.15) is 5.69 Å². The summed E-state index contributed by atoms with van der Waals surface area (Å²) < 4.78 is 39.1. The Bertz CT molecular complexity index is 394. The van der Waals surface area contributed by atoms with Crippen LogP contribution in [0.5, 0.6) is 5.88 Å². The second-order valence-corrected chi connectivity index (χ2v) is 3.25. The normalized spacial score (nSPS) is 11.2. The average Bonchev–Trinajstić information content (AvgIpc) is 2.05. The summed E-state index contributed by atoms with van der Waals surface area (Å²) in [5.41, 5.74) is 4.56. The summed E-state index contributed by atoms with van der Waals surface area (Å²) in [7, 11) is 0. The largest absolute Gasteiger partial charge is 0.574 e. The van der Waals surface area contributed by atoms with Gasteiger partial charge in [0, 0.05) is 10.5 Å². The smallest absolute Gasteiger partial charge is 0.388 e. The van der Waals surface area contributed by atoms with Gasteiger partial charge in [0.2, 0.25) is 5.88 Å². The molecule has 0 bridgehead atoms. The predicted molar refractivity (Wildman–Crippen MR) is 47.1 cm³/mol. The summed E-state index contributed by atoms with van der Waals surface area (Å²) in [4.78, 5) is 14.0. The summed E-state index contributed by atoms with van der Waals surface area (Å²) in [5, 5.41) is 0. The lowest BCUT2D eigenvalue weighted by atomic mass is 10.3. The molecule has 1 rings (SSSR count). The predicted octanol–water partition coefficient (Wildman–Crippen LogP) is 1.84. The highest BCUT2D eigenvalue weighted by Gasteiger charge is 2.32. The van der Waals surface area contributed by atoms with Crippen molar-refractivity contribution in [2.45, 2.75) is 6.36 Å². The van der Waals surface area contributed by atoms with Crippen molar-refractivity contribution in [2.75, 3.05) is 0 Å². The van der Waals surface area contributed by atoms with Crippen LogP contribution in [0.3, 0.4) is 0 Å². The fourth-order valence-corrected chi connectivity index (χ4v) is 1.19. The number of alkyl halides is 3. The quantitative estimate of drug-likeness (QED) is 0.901. The van der Waals surface area contributed by atoms with Crippen molar-refractivity contribution in [1.29, 1.82) is 0 Å². The number of carbonyl (C=O) groups excluding carboxylic acids is 1. The monoisotopic (exact) mass is 284 g/mol. The van der Waals surface area contributed by atoms with Gasteiger partial charge in [0.15, 0.2) is 0 Å². The van der Waals surface area contributed by atoms with Crippen molar-refractivity contribution in [3.05, 3.63) is 22.3 Å². The van der Waals surface area contributed by atoms with Gasteiger partial charge in [0.25, 0.3) is 5.91 Å². The molecule has 0 atom stereocenters. The lowest BCUT2D eigenvalue weighted by Gasteiger charge is -2.08. The molecule has 0 fully saturated rings. The molecule has 1 aromatic rings. The molecule has 4 nitrogen and oxygen atoms in total. The minimum absolute atomic E-state index is 0.199. The number of primary amides is 1. The summed E-state index contributed by atoms with van der Waals surface area (Å²) in [6.07, 6.45) is -4.85. The van der Waals surface area contributed by atoms with Crippen molar-refractivity contribution >= 4 is 21.8 Å². The van der Waals surface area contributed by atoms with Crippen LogP contribution >= 0.6 is 15.9 Å². The fraction of sp³-hybridized carbons (Fsp3) is 0.143. The molecule has 0 unspecified atom stereocenters. The summed E-state index contributed by atoms with van der Waals surface area (Å²) in [6.45, 7) is 0. The van der Waals surface area contributed by atoms with Crippen molar-refractivity contribution in [3.8, 4) is 5.88 Å². The maximum absolute atomic E-state index is 11.8. The van der Waals surface area contributed by atoms with Gasteiger partial charge in [-0.25, -0.2) is 4.98 Å². The van der Waals surface area contributed by atoms with E-state index in [4.69, 9.17) is 5.73 Å². The van der Waals surface area contributed by atoms with E-state index in [1.165, 1.54) is 6.07 Å². The van der Waals surface area contributed by atoms with Crippen molar-refractivity contribution in [1.82, 2.24) is 4.98 Å². The van der Waals surface area contributed by atoms with Crippen molar-refractivity contribution in [3.63, 3.8) is 0 Å². The molecular formula is C7H4BrF3N2O2. The van der Waals surface area contributed by atoms with Gasteiger partial charge in [-0.3, -0.25) is 4.79 Å². The van der Waals surface area contributed by atoms with E-state index in [2.05, 4.69) is 25.7 Å². The molecule has 0 aromatic carbocycles. The maximum atomic E-state index is 11.8. The molecule has 1 amide bonds. The molecule has 82 valence electrons. The molecule has 0 radical (unpaired) electrons. The highest BCUT2D eigenvalue weighted by Crippen LogP contribution is 2.23. The van der Waals surface area contributed by atoms with Crippen molar-refractivity contribution < 1.29 is 22.7 Å². The number of aromatic nitrogens is 1. The standard InChI is InChI=1S/C7H4BrF3N2O2/c8-3-1-2-4(15-7(9,10)11)13-5(3)6(12)14/h1-2H,(H2,12,14). The van der Waals surface area contributed by atoms with E-state index in [1.54, 1.807) is 0 Å². The van der Waals surface area contributed by atoms with E-state index in [-0.39, 0.29) is 10.2 Å². The molecule has 0 aliphatic carbocycles. The first-order valence-electron chi connectivity index (χ1n) is 3.51. The Morgan fingerprint density at radius 3 is 2.53 bits per heavy atom. The Balaban J connectivity index is 3.03. The third-order valence-corrected chi connectivity index (χ3v) is 1.91. The Hall–Kier alpha value is -1.31. The summed E-state index contributed by atoms with van der Waals surface area (Å²) >= 11 is 2.91. The Morgan fingerprint density at radius 2 is 2.07 bits per heavy atom. The van der Waals surface area contributed by atoms with E-state index in [1.807, 2.05) is 0 Å². The van der Waals surface area contributed by atoms with Crippen LogP contribution < -0.4 is 10.5 Å². The first-order valence-corrected chi connectivity index (χ1v) is 4.31. The van der Waals surface area contributed by atoms with Crippen LogP contribution in [0.25, 0.3) is 0 Å². The fourth-order valence-electron chi connectivity index (χ4n) is 0.772. The van der Waals surface area contributed by atoms with Gasteiger partial charge >= 0.3 is 6.36 Å². The average molecular weight is 285 g/mol. The molecule has 0 aliphatic rings. The van der Waals surface area contributed by atoms with Gasteiger partial charge in [-0.1, -0.05) is 0 Å². The Labute approximate surface area is 90.4 Å². The van der Waals surface area contributed by atoms with Crippen LogP contribution in [-0.4, -0.2) is 17.3 Å². The molecule has 1 heterocycles. The number of pyridine rings is 1. The first-order chi connectivity index (χ1) is 6.79. The number of halogens is 4. The van der Waals surface area contributed by atoms with E-state index >= 15 is 0 Å². The zero-order chi connectivity index (χ0) is 11.6. The van der Waals surface area contributed by atoms with E-state index in [9.17, 15) is 18.0 Å². The molecule has 15 heavy (non-hydrogen) atoms. The van der Waals surface area contributed by atoms with Gasteiger partial charge in [0.05, 0.1) is 0 Å². The number of nitrogens with zero attached hydrogens (tertiary/aromatic N) is 1. The van der Waals surface area contributed by atoms with Crippen LogP contribution in [0.1, 0.15) is 10.5 Å². The van der Waals surface area contributed by atoms with Crippen LogP contribution in [0, 0.1) is 0 Å². The maximum Gasteiger partial charge on any atom is 0.574 e.